The van der Waals surface area contributed by atoms with E-state index in [1.807, 2.05) is 0 Å². The summed E-state index contributed by atoms with van der Waals surface area (Å²) in [5.41, 5.74) is 0. The Kier molecular flexibility index (Phi) is 4.48. The fourth-order valence-electron chi connectivity index (χ4n) is 4.29. The molecule has 1 saturated heterocycles. The molecule has 1 aliphatic heterocycles. The highest BCUT2D eigenvalue weighted by atomic mass is 15.2. The van der Waals surface area contributed by atoms with Gasteiger partial charge in [0.25, 0.3) is 0 Å². The maximum absolute atomic E-state index is 3.98. The minimum atomic E-state index is 0.767. The highest BCUT2D eigenvalue weighted by Gasteiger charge is 2.36. The van der Waals surface area contributed by atoms with Crippen molar-refractivity contribution in [3.05, 3.63) is 0 Å². The molecule has 3 unspecified atom stereocenters. The molecule has 0 spiro atoms. The first-order valence-electron chi connectivity index (χ1n) is 8.76. The molecule has 0 aromatic rings. The van der Waals surface area contributed by atoms with Crippen LogP contribution < -0.4 is 5.32 Å². The van der Waals surface area contributed by atoms with Gasteiger partial charge in [-0.05, 0) is 50.9 Å². The van der Waals surface area contributed by atoms with Crippen molar-refractivity contribution in [2.45, 2.75) is 83.3 Å². The number of nitrogens with zero attached hydrogens (tertiary/aromatic N) is 1. The zero-order valence-electron chi connectivity index (χ0n) is 12.9. The lowest BCUT2D eigenvalue weighted by Gasteiger charge is -2.42. The first-order chi connectivity index (χ1) is 9.26. The van der Waals surface area contributed by atoms with Gasteiger partial charge >= 0.3 is 0 Å². The number of hydrogen-bond acceptors (Lipinski definition) is 2. The third-order valence-electron chi connectivity index (χ3n) is 5.85. The molecule has 0 aromatic heterocycles. The van der Waals surface area contributed by atoms with Gasteiger partial charge in [0.2, 0.25) is 0 Å². The van der Waals surface area contributed by atoms with E-state index >= 15 is 0 Å². The van der Waals surface area contributed by atoms with Gasteiger partial charge in [-0.25, -0.2) is 0 Å². The minimum Gasteiger partial charge on any atom is -0.310 e. The lowest BCUT2D eigenvalue weighted by molar-refractivity contribution is 0.0888. The van der Waals surface area contributed by atoms with Crippen LogP contribution >= 0.6 is 0 Å². The molecule has 0 aromatic carbocycles. The Morgan fingerprint density at radius 2 is 1.79 bits per heavy atom. The van der Waals surface area contributed by atoms with Crippen LogP contribution in [0, 0.1) is 11.8 Å². The molecule has 1 heterocycles. The average Bonchev–Trinajstić information content (AvgIpc) is 3.16. The van der Waals surface area contributed by atoms with Gasteiger partial charge in [0.15, 0.2) is 0 Å². The van der Waals surface area contributed by atoms with Crippen LogP contribution in [-0.2, 0) is 0 Å². The molecule has 2 saturated carbocycles. The van der Waals surface area contributed by atoms with Gasteiger partial charge in [0.1, 0.15) is 0 Å². The molecule has 2 nitrogen and oxygen atoms in total. The molecule has 19 heavy (non-hydrogen) atoms. The van der Waals surface area contributed by atoms with Crippen molar-refractivity contribution in [1.29, 1.82) is 0 Å². The fraction of sp³-hybridized carbons (Fsp3) is 1.00. The highest BCUT2D eigenvalue weighted by Crippen LogP contribution is 2.37. The Balaban J connectivity index is 1.56. The maximum Gasteiger partial charge on any atom is 0.0200 e. The molecule has 0 radical (unpaired) electrons. The summed E-state index contributed by atoms with van der Waals surface area (Å²) in [4.78, 5) is 2.81. The molecular weight excluding hydrogens is 232 g/mol. The smallest absolute Gasteiger partial charge is 0.0200 e. The normalized spacial score (nSPS) is 35.7. The third kappa shape index (κ3) is 3.52. The van der Waals surface area contributed by atoms with Crippen LogP contribution in [0.25, 0.3) is 0 Å². The minimum absolute atomic E-state index is 0.767. The largest absolute Gasteiger partial charge is 0.310 e. The molecule has 0 amide bonds. The fourth-order valence-corrected chi connectivity index (χ4v) is 4.29. The Morgan fingerprint density at radius 3 is 2.42 bits per heavy atom. The quantitative estimate of drug-likeness (QED) is 0.818. The summed E-state index contributed by atoms with van der Waals surface area (Å²) in [5, 5.41) is 3.98. The Hall–Kier alpha value is -0.0800. The molecule has 3 atom stereocenters. The van der Waals surface area contributed by atoms with Gasteiger partial charge in [0.05, 0.1) is 0 Å². The molecule has 2 aliphatic carbocycles. The monoisotopic (exact) mass is 264 g/mol. The molecule has 1 N–H and O–H groups in total. The van der Waals surface area contributed by atoms with Crippen molar-refractivity contribution in [3.63, 3.8) is 0 Å². The Bertz CT molecular complexity index is 281. The van der Waals surface area contributed by atoms with E-state index in [0.29, 0.717) is 0 Å². The predicted molar refractivity (Wildman–Crippen MR) is 81.3 cm³/mol. The average molecular weight is 264 g/mol. The second-order valence-electron chi connectivity index (χ2n) is 7.39. The Labute approximate surface area is 119 Å². The van der Waals surface area contributed by atoms with Crippen molar-refractivity contribution in [2.24, 2.45) is 11.8 Å². The van der Waals surface area contributed by atoms with Gasteiger partial charge in [-0.15, -0.1) is 0 Å². The number of nitrogens with one attached hydrogen (secondary N) is 1. The summed E-state index contributed by atoms with van der Waals surface area (Å²) in [6, 6.07) is 2.43. The van der Waals surface area contributed by atoms with E-state index in [9.17, 15) is 0 Å². The number of piperidine rings is 1. The van der Waals surface area contributed by atoms with Crippen molar-refractivity contribution >= 4 is 0 Å². The summed E-state index contributed by atoms with van der Waals surface area (Å²) >= 11 is 0. The molecular formula is C17H32N2. The van der Waals surface area contributed by atoms with Crippen LogP contribution in [0.15, 0.2) is 0 Å². The molecule has 0 bridgehead atoms. The molecule has 2 heteroatoms. The topological polar surface area (TPSA) is 15.3 Å². The van der Waals surface area contributed by atoms with Crippen molar-refractivity contribution in [1.82, 2.24) is 10.2 Å². The lowest BCUT2D eigenvalue weighted by Crippen LogP contribution is -2.54. The van der Waals surface area contributed by atoms with Crippen molar-refractivity contribution in [3.8, 4) is 0 Å². The maximum atomic E-state index is 3.98. The lowest BCUT2D eigenvalue weighted by atomic mass is 9.90. The number of rotatable bonds is 5. The number of hydrogen-bond donors (Lipinski definition) is 1. The van der Waals surface area contributed by atoms with Crippen LogP contribution in [0.1, 0.15) is 65.2 Å². The zero-order chi connectivity index (χ0) is 13.2. The molecule has 3 aliphatic rings. The predicted octanol–water partition coefficient (Wildman–Crippen LogP) is 3.42. The second kappa shape index (κ2) is 6.13. The van der Waals surface area contributed by atoms with E-state index in [4.69, 9.17) is 0 Å². The summed E-state index contributed by atoms with van der Waals surface area (Å²) in [5.74, 6) is 1.94. The molecule has 110 valence electrons. The van der Waals surface area contributed by atoms with Gasteiger partial charge in [-0.2, -0.15) is 0 Å². The Morgan fingerprint density at radius 1 is 1.05 bits per heavy atom. The van der Waals surface area contributed by atoms with Crippen molar-refractivity contribution in [2.75, 3.05) is 13.1 Å². The SMILES string of the molecule is CCC1CC(NC2CCCC2)CN(C(C)C2CC2)C1. The van der Waals surface area contributed by atoms with Gasteiger partial charge in [-0.3, -0.25) is 4.90 Å². The first kappa shape index (κ1) is 13.9. The highest BCUT2D eigenvalue weighted by molar-refractivity contribution is 4.92. The summed E-state index contributed by atoms with van der Waals surface area (Å²) in [6.45, 7) is 7.52. The molecule has 3 rings (SSSR count). The van der Waals surface area contributed by atoms with E-state index in [1.54, 1.807) is 0 Å². The summed E-state index contributed by atoms with van der Waals surface area (Å²) < 4.78 is 0. The third-order valence-corrected chi connectivity index (χ3v) is 5.85. The van der Waals surface area contributed by atoms with Crippen LogP contribution in [0.2, 0.25) is 0 Å². The van der Waals surface area contributed by atoms with Crippen LogP contribution in [0.4, 0.5) is 0 Å². The van der Waals surface area contributed by atoms with E-state index < -0.39 is 0 Å². The van der Waals surface area contributed by atoms with Gasteiger partial charge < -0.3 is 5.32 Å². The van der Waals surface area contributed by atoms with E-state index in [0.717, 1.165) is 30.0 Å². The standard InChI is InChI=1S/C17H32N2/c1-3-14-10-17(18-16-6-4-5-7-16)12-19(11-14)13(2)15-8-9-15/h13-18H,3-12H2,1-2H3. The summed E-state index contributed by atoms with van der Waals surface area (Å²) in [6.07, 6.45) is 11.5. The van der Waals surface area contributed by atoms with E-state index in [1.165, 1.54) is 64.5 Å². The van der Waals surface area contributed by atoms with Crippen LogP contribution in [0.5, 0.6) is 0 Å². The number of likely N-dealkylation sites (tertiary alicyclic amines) is 1. The van der Waals surface area contributed by atoms with Gasteiger partial charge in [0, 0.05) is 31.2 Å². The zero-order valence-corrected chi connectivity index (χ0v) is 12.9. The second-order valence-corrected chi connectivity index (χ2v) is 7.39. The van der Waals surface area contributed by atoms with Crippen LogP contribution in [-0.4, -0.2) is 36.1 Å². The van der Waals surface area contributed by atoms with E-state index in [2.05, 4.69) is 24.1 Å². The van der Waals surface area contributed by atoms with Crippen molar-refractivity contribution < 1.29 is 0 Å². The first-order valence-corrected chi connectivity index (χ1v) is 8.76. The molecule has 3 fully saturated rings. The van der Waals surface area contributed by atoms with Crippen LogP contribution in [0.3, 0.4) is 0 Å². The van der Waals surface area contributed by atoms with E-state index in [-0.39, 0.29) is 0 Å². The summed E-state index contributed by atoms with van der Waals surface area (Å²) in [7, 11) is 0. The van der Waals surface area contributed by atoms with Gasteiger partial charge in [-0.1, -0.05) is 26.2 Å².